The predicted octanol–water partition coefficient (Wildman–Crippen LogP) is 2.58. The Morgan fingerprint density at radius 2 is 2.16 bits per heavy atom. The number of rotatable bonds is 3. The number of carbonyl (C=O) groups excluding carboxylic acids is 1. The highest BCUT2D eigenvalue weighted by atomic mass is 35.5. The molecular formula is C13H12ClN3O2. The van der Waals surface area contributed by atoms with E-state index in [1.165, 1.54) is 13.3 Å². The summed E-state index contributed by atoms with van der Waals surface area (Å²) in [6.45, 7) is 0. The second kappa shape index (κ2) is 5.58. The summed E-state index contributed by atoms with van der Waals surface area (Å²) >= 11 is 5.75. The fourth-order valence-corrected chi connectivity index (χ4v) is 1.71. The van der Waals surface area contributed by atoms with Crippen molar-refractivity contribution in [2.24, 2.45) is 0 Å². The lowest BCUT2D eigenvalue weighted by molar-refractivity contribution is 0.102. The van der Waals surface area contributed by atoms with E-state index in [-0.39, 0.29) is 5.91 Å². The number of halogens is 1. The lowest BCUT2D eigenvalue weighted by Crippen LogP contribution is -2.14. The maximum Gasteiger partial charge on any atom is 0.257 e. The number of methoxy groups -OCH3 is 1. The van der Waals surface area contributed by atoms with Crippen molar-refractivity contribution in [1.82, 2.24) is 4.98 Å². The minimum absolute atomic E-state index is 0.302. The Kier molecular flexibility index (Phi) is 3.87. The molecule has 6 heteroatoms. The summed E-state index contributed by atoms with van der Waals surface area (Å²) in [5.74, 6) is 0.228. The largest absolute Gasteiger partial charge is 0.497 e. The van der Waals surface area contributed by atoms with Gasteiger partial charge in [0.1, 0.15) is 10.9 Å². The van der Waals surface area contributed by atoms with Crippen molar-refractivity contribution in [3.8, 4) is 5.75 Å². The number of benzene rings is 1. The van der Waals surface area contributed by atoms with E-state index in [1.807, 2.05) is 0 Å². The molecule has 0 radical (unpaired) electrons. The molecule has 0 bridgehead atoms. The molecule has 3 N–H and O–H groups in total. The van der Waals surface area contributed by atoms with Gasteiger partial charge < -0.3 is 15.8 Å². The highest BCUT2D eigenvalue weighted by Crippen LogP contribution is 2.21. The van der Waals surface area contributed by atoms with Gasteiger partial charge in [0.05, 0.1) is 12.7 Å². The molecule has 5 nitrogen and oxygen atoms in total. The van der Waals surface area contributed by atoms with Crippen molar-refractivity contribution in [3.63, 3.8) is 0 Å². The van der Waals surface area contributed by atoms with Crippen molar-refractivity contribution in [1.29, 1.82) is 0 Å². The molecule has 0 atom stereocenters. The van der Waals surface area contributed by atoms with Gasteiger partial charge in [-0.05, 0) is 30.3 Å². The van der Waals surface area contributed by atoms with Crippen molar-refractivity contribution in [2.45, 2.75) is 0 Å². The highest BCUT2D eigenvalue weighted by Gasteiger charge is 2.11. The number of hydrogen-bond acceptors (Lipinski definition) is 4. The van der Waals surface area contributed by atoms with Crippen LogP contribution in [0.15, 0.2) is 36.5 Å². The predicted molar refractivity (Wildman–Crippen MR) is 74.6 cm³/mol. The number of aromatic nitrogens is 1. The molecule has 0 unspecified atom stereocenters. The Bertz CT molecular complexity index is 617. The minimum Gasteiger partial charge on any atom is -0.497 e. The van der Waals surface area contributed by atoms with Crippen molar-refractivity contribution >= 4 is 28.9 Å². The van der Waals surface area contributed by atoms with E-state index in [4.69, 9.17) is 22.1 Å². The molecule has 98 valence electrons. The molecule has 2 rings (SSSR count). The first-order chi connectivity index (χ1) is 9.10. The molecule has 0 saturated carbocycles. The van der Waals surface area contributed by atoms with Crippen LogP contribution in [-0.4, -0.2) is 18.0 Å². The molecule has 1 amide bonds. The molecule has 0 saturated heterocycles. The van der Waals surface area contributed by atoms with E-state index in [1.54, 1.807) is 30.3 Å². The van der Waals surface area contributed by atoms with Gasteiger partial charge in [-0.25, -0.2) is 4.98 Å². The van der Waals surface area contributed by atoms with Crippen LogP contribution in [0.5, 0.6) is 5.75 Å². The van der Waals surface area contributed by atoms with Crippen LogP contribution in [0.2, 0.25) is 5.15 Å². The normalized spacial score (nSPS) is 10.0. The molecule has 0 fully saturated rings. The van der Waals surface area contributed by atoms with Crippen LogP contribution < -0.4 is 15.8 Å². The number of hydrogen-bond donors (Lipinski definition) is 2. The molecule has 0 aliphatic carbocycles. The number of amides is 1. The van der Waals surface area contributed by atoms with Gasteiger partial charge in [-0.2, -0.15) is 0 Å². The van der Waals surface area contributed by atoms with Crippen LogP contribution in [-0.2, 0) is 0 Å². The van der Waals surface area contributed by atoms with Crippen LogP contribution in [0, 0.1) is 0 Å². The van der Waals surface area contributed by atoms with Crippen molar-refractivity contribution < 1.29 is 9.53 Å². The lowest BCUT2D eigenvalue weighted by Gasteiger charge is -2.09. The second-order valence-corrected chi connectivity index (χ2v) is 4.16. The molecule has 2 aromatic rings. The Labute approximate surface area is 115 Å². The van der Waals surface area contributed by atoms with E-state index in [0.29, 0.717) is 27.8 Å². The van der Waals surface area contributed by atoms with Gasteiger partial charge in [0.25, 0.3) is 5.91 Å². The summed E-state index contributed by atoms with van der Waals surface area (Å²) in [6.07, 6.45) is 1.51. The number of anilines is 2. The summed E-state index contributed by atoms with van der Waals surface area (Å²) in [4.78, 5) is 15.9. The van der Waals surface area contributed by atoms with E-state index in [0.717, 1.165) is 0 Å². The summed E-state index contributed by atoms with van der Waals surface area (Å²) < 4.78 is 5.06. The van der Waals surface area contributed by atoms with Crippen LogP contribution in [0.4, 0.5) is 11.4 Å². The minimum atomic E-state index is -0.335. The van der Waals surface area contributed by atoms with Gasteiger partial charge in [-0.1, -0.05) is 11.6 Å². The number of carbonyl (C=O) groups is 1. The smallest absolute Gasteiger partial charge is 0.257 e. The topological polar surface area (TPSA) is 77.2 Å². The molecule has 1 aromatic carbocycles. The Balaban J connectivity index is 2.25. The lowest BCUT2D eigenvalue weighted by atomic mass is 10.1. The molecule has 0 spiro atoms. The average molecular weight is 278 g/mol. The maximum atomic E-state index is 12.1. The van der Waals surface area contributed by atoms with Gasteiger partial charge in [-0.15, -0.1) is 0 Å². The van der Waals surface area contributed by atoms with Crippen LogP contribution in [0.25, 0.3) is 0 Å². The third kappa shape index (κ3) is 3.14. The van der Waals surface area contributed by atoms with Gasteiger partial charge in [-0.3, -0.25) is 4.79 Å². The number of nitrogens with two attached hydrogens (primary N) is 1. The first-order valence-corrected chi connectivity index (χ1v) is 5.84. The molecule has 0 aliphatic heterocycles. The Hall–Kier alpha value is -2.27. The third-order valence-electron chi connectivity index (χ3n) is 2.49. The first kappa shape index (κ1) is 13.2. The SMILES string of the molecule is COc1ccc(N)c(C(=O)Nc2ccnc(Cl)c2)c1. The Morgan fingerprint density at radius 1 is 1.37 bits per heavy atom. The Morgan fingerprint density at radius 3 is 2.84 bits per heavy atom. The summed E-state index contributed by atoms with van der Waals surface area (Å²) in [7, 11) is 1.52. The zero-order valence-electron chi connectivity index (χ0n) is 10.2. The summed E-state index contributed by atoms with van der Waals surface area (Å²) in [6, 6.07) is 8.08. The number of nitrogens with zero attached hydrogens (tertiary/aromatic N) is 1. The number of pyridine rings is 1. The monoisotopic (exact) mass is 277 g/mol. The quantitative estimate of drug-likeness (QED) is 0.668. The molecule has 19 heavy (non-hydrogen) atoms. The molecule has 1 aromatic heterocycles. The van der Waals surface area contributed by atoms with E-state index in [2.05, 4.69) is 10.3 Å². The van der Waals surface area contributed by atoms with Gasteiger partial charge in [0, 0.05) is 17.6 Å². The first-order valence-electron chi connectivity index (χ1n) is 5.46. The fraction of sp³-hybridized carbons (Fsp3) is 0.0769. The zero-order chi connectivity index (χ0) is 13.8. The number of ether oxygens (including phenoxy) is 1. The number of nitrogen functional groups attached to an aromatic ring is 1. The van der Waals surface area contributed by atoms with Crippen molar-refractivity contribution in [3.05, 3.63) is 47.2 Å². The second-order valence-electron chi connectivity index (χ2n) is 3.77. The van der Waals surface area contributed by atoms with Crippen LogP contribution in [0.3, 0.4) is 0 Å². The van der Waals surface area contributed by atoms with Gasteiger partial charge in [0.2, 0.25) is 0 Å². The van der Waals surface area contributed by atoms with Crippen LogP contribution >= 0.6 is 11.6 Å². The van der Waals surface area contributed by atoms with E-state index in [9.17, 15) is 4.79 Å². The zero-order valence-corrected chi connectivity index (χ0v) is 10.9. The average Bonchev–Trinajstić information content (AvgIpc) is 2.39. The highest BCUT2D eigenvalue weighted by molar-refractivity contribution is 6.29. The molecule has 0 aliphatic rings. The fourth-order valence-electron chi connectivity index (χ4n) is 1.54. The van der Waals surface area contributed by atoms with Gasteiger partial charge in [0.15, 0.2) is 0 Å². The summed E-state index contributed by atoms with van der Waals surface area (Å²) in [5.41, 5.74) is 7.04. The number of nitrogens with one attached hydrogen (secondary N) is 1. The van der Waals surface area contributed by atoms with E-state index >= 15 is 0 Å². The third-order valence-corrected chi connectivity index (χ3v) is 2.70. The van der Waals surface area contributed by atoms with E-state index < -0.39 is 0 Å². The molecule has 1 heterocycles. The summed E-state index contributed by atoms with van der Waals surface area (Å²) in [5, 5.41) is 2.99. The van der Waals surface area contributed by atoms with Crippen LogP contribution in [0.1, 0.15) is 10.4 Å². The molecular weight excluding hydrogens is 266 g/mol. The van der Waals surface area contributed by atoms with Gasteiger partial charge >= 0.3 is 0 Å². The maximum absolute atomic E-state index is 12.1. The van der Waals surface area contributed by atoms with Crippen molar-refractivity contribution in [2.75, 3.05) is 18.2 Å². The standard InChI is InChI=1S/C13H12ClN3O2/c1-19-9-2-3-11(15)10(7-9)13(18)17-8-4-5-16-12(14)6-8/h2-7H,15H2,1H3,(H,16,17,18).